The van der Waals surface area contributed by atoms with Crippen molar-refractivity contribution in [2.24, 2.45) is 0 Å². The van der Waals surface area contributed by atoms with E-state index in [0.29, 0.717) is 5.69 Å². The van der Waals surface area contributed by atoms with Gasteiger partial charge in [-0.25, -0.2) is 9.78 Å². The van der Waals surface area contributed by atoms with E-state index in [1.165, 1.54) is 19.2 Å². The van der Waals surface area contributed by atoms with E-state index < -0.39 is 5.97 Å². The van der Waals surface area contributed by atoms with Crippen LogP contribution in [0.3, 0.4) is 0 Å². The summed E-state index contributed by atoms with van der Waals surface area (Å²) < 4.78 is 5.51. The van der Waals surface area contributed by atoms with Crippen molar-refractivity contribution in [1.82, 2.24) is 4.98 Å². The number of aromatic carboxylic acids is 1. The van der Waals surface area contributed by atoms with Crippen molar-refractivity contribution in [3.63, 3.8) is 0 Å². The molecule has 1 aromatic carbocycles. The summed E-state index contributed by atoms with van der Waals surface area (Å²) in [5.41, 5.74) is 1.23. The topological polar surface area (TPSA) is 88.5 Å². The van der Waals surface area contributed by atoms with Gasteiger partial charge in [-0.1, -0.05) is 18.2 Å². The van der Waals surface area contributed by atoms with E-state index in [9.17, 15) is 9.59 Å². The molecule has 0 fully saturated rings. The molecule has 0 spiro atoms. The number of carboxylic acid groups (broad SMARTS) is 1. The molecule has 0 saturated carbocycles. The van der Waals surface area contributed by atoms with Crippen LogP contribution in [0.4, 0.5) is 5.69 Å². The van der Waals surface area contributed by atoms with Gasteiger partial charge in [0, 0.05) is 24.4 Å². The van der Waals surface area contributed by atoms with Gasteiger partial charge < -0.3 is 15.2 Å². The van der Waals surface area contributed by atoms with Crippen LogP contribution < -0.4 is 10.1 Å². The Morgan fingerprint density at radius 1 is 1.24 bits per heavy atom. The van der Waals surface area contributed by atoms with E-state index in [4.69, 9.17) is 9.84 Å². The number of carboxylic acids is 1. The summed E-state index contributed by atoms with van der Waals surface area (Å²) in [6.45, 7) is 1.55. The summed E-state index contributed by atoms with van der Waals surface area (Å²) in [6, 6.07) is 10.3. The summed E-state index contributed by atoms with van der Waals surface area (Å²) in [6.07, 6.45) is 1.39. The Balaban J connectivity index is 2.17. The number of anilines is 1. The van der Waals surface area contributed by atoms with E-state index in [2.05, 4.69) is 10.3 Å². The maximum Gasteiger partial charge on any atom is 0.358 e. The van der Waals surface area contributed by atoms with Crippen LogP contribution in [0.5, 0.6) is 5.75 Å². The smallest absolute Gasteiger partial charge is 0.358 e. The third-order valence-corrected chi connectivity index (χ3v) is 2.68. The Labute approximate surface area is 121 Å². The van der Waals surface area contributed by atoms with Crippen molar-refractivity contribution < 1.29 is 19.4 Å². The SMILES string of the molecule is CC(=O)Nc1ccccc1COc1cccnc1C(=O)O. The zero-order chi connectivity index (χ0) is 15.2. The number of hydrogen-bond acceptors (Lipinski definition) is 4. The molecule has 21 heavy (non-hydrogen) atoms. The molecule has 1 amide bonds. The highest BCUT2D eigenvalue weighted by Crippen LogP contribution is 2.20. The number of nitrogens with zero attached hydrogens (tertiary/aromatic N) is 1. The number of nitrogens with one attached hydrogen (secondary N) is 1. The van der Waals surface area contributed by atoms with Gasteiger partial charge in [-0.3, -0.25) is 4.79 Å². The molecule has 6 nitrogen and oxygen atoms in total. The van der Waals surface area contributed by atoms with Gasteiger partial charge in [0.05, 0.1) is 0 Å². The standard InChI is InChI=1S/C15H14N2O4/c1-10(18)17-12-6-3-2-5-11(12)9-21-13-7-4-8-16-14(13)15(19)20/h2-8H,9H2,1H3,(H,17,18)(H,19,20). The van der Waals surface area contributed by atoms with Crippen molar-refractivity contribution in [3.05, 3.63) is 53.9 Å². The number of pyridine rings is 1. The number of carbonyl (C=O) groups is 2. The highest BCUT2D eigenvalue weighted by atomic mass is 16.5. The molecule has 0 saturated heterocycles. The van der Waals surface area contributed by atoms with Crippen molar-refractivity contribution in [2.75, 3.05) is 5.32 Å². The van der Waals surface area contributed by atoms with E-state index in [0.717, 1.165) is 5.56 Å². The van der Waals surface area contributed by atoms with E-state index >= 15 is 0 Å². The van der Waals surface area contributed by atoms with Gasteiger partial charge in [0.15, 0.2) is 11.4 Å². The lowest BCUT2D eigenvalue weighted by Gasteiger charge is -2.12. The van der Waals surface area contributed by atoms with Gasteiger partial charge in [-0.15, -0.1) is 0 Å². The fourth-order valence-corrected chi connectivity index (χ4v) is 1.78. The Morgan fingerprint density at radius 3 is 2.71 bits per heavy atom. The summed E-state index contributed by atoms with van der Waals surface area (Å²) in [5.74, 6) is -1.15. The van der Waals surface area contributed by atoms with Crippen LogP contribution in [-0.4, -0.2) is 22.0 Å². The third-order valence-electron chi connectivity index (χ3n) is 2.68. The van der Waals surface area contributed by atoms with Gasteiger partial charge in [-0.2, -0.15) is 0 Å². The second kappa shape index (κ2) is 6.51. The molecule has 2 rings (SSSR count). The lowest BCUT2D eigenvalue weighted by atomic mass is 10.2. The predicted octanol–water partition coefficient (Wildman–Crippen LogP) is 2.32. The van der Waals surface area contributed by atoms with Crippen LogP contribution in [0.1, 0.15) is 23.0 Å². The van der Waals surface area contributed by atoms with E-state index in [-0.39, 0.29) is 24.0 Å². The van der Waals surface area contributed by atoms with E-state index in [1.54, 1.807) is 24.3 Å². The first kappa shape index (κ1) is 14.5. The Kier molecular flexibility index (Phi) is 4.50. The van der Waals surface area contributed by atoms with Crippen LogP contribution in [0.2, 0.25) is 0 Å². The van der Waals surface area contributed by atoms with Gasteiger partial charge in [0.2, 0.25) is 5.91 Å². The lowest BCUT2D eigenvalue weighted by molar-refractivity contribution is -0.114. The molecule has 6 heteroatoms. The Bertz CT molecular complexity index is 670. The minimum atomic E-state index is -1.15. The number of rotatable bonds is 5. The predicted molar refractivity (Wildman–Crippen MR) is 76.3 cm³/mol. The molecule has 2 aromatic rings. The molecule has 0 atom stereocenters. The van der Waals surface area contributed by atoms with Gasteiger partial charge in [0.25, 0.3) is 0 Å². The maximum atomic E-state index is 11.1. The molecule has 0 aliphatic heterocycles. The highest BCUT2D eigenvalue weighted by molar-refractivity contribution is 5.89. The van der Waals surface area contributed by atoms with Crippen LogP contribution in [0.25, 0.3) is 0 Å². The fraction of sp³-hybridized carbons (Fsp3) is 0.133. The summed E-state index contributed by atoms with van der Waals surface area (Å²) in [4.78, 5) is 26.0. The summed E-state index contributed by atoms with van der Waals surface area (Å²) >= 11 is 0. The second-order valence-electron chi connectivity index (χ2n) is 4.28. The zero-order valence-electron chi connectivity index (χ0n) is 11.4. The monoisotopic (exact) mass is 286 g/mol. The third kappa shape index (κ3) is 3.79. The summed E-state index contributed by atoms with van der Waals surface area (Å²) in [7, 11) is 0. The average Bonchev–Trinajstić information content (AvgIpc) is 2.46. The number of hydrogen-bond donors (Lipinski definition) is 2. The molecule has 1 aromatic heterocycles. The molecule has 2 N–H and O–H groups in total. The number of aromatic nitrogens is 1. The molecule has 0 bridgehead atoms. The normalized spacial score (nSPS) is 9.95. The van der Waals surface area contributed by atoms with Crippen LogP contribution >= 0.6 is 0 Å². The average molecular weight is 286 g/mol. The quantitative estimate of drug-likeness (QED) is 0.880. The van der Waals surface area contributed by atoms with Crippen molar-refractivity contribution in [3.8, 4) is 5.75 Å². The molecule has 1 heterocycles. The first-order chi connectivity index (χ1) is 10.1. The van der Waals surface area contributed by atoms with E-state index in [1.807, 2.05) is 6.07 Å². The van der Waals surface area contributed by atoms with Crippen molar-refractivity contribution in [2.45, 2.75) is 13.5 Å². The molecular formula is C15H14N2O4. The summed E-state index contributed by atoms with van der Waals surface area (Å²) in [5, 5.41) is 11.7. The molecule has 0 unspecified atom stereocenters. The maximum absolute atomic E-state index is 11.1. The molecular weight excluding hydrogens is 272 g/mol. The minimum Gasteiger partial charge on any atom is -0.486 e. The minimum absolute atomic E-state index is 0.127. The Hall–Kier alpha value is -2.89. The first-order valence-electron chi connectivity index (χ1n) is 6.24. The highest BCUT2D eigenvalue weighted by Gasteiger charge is 2.13. The molecule has 0 aliphatic rings. The number of ether oxygens (including phenoxy) is 1. The van der Waals surface area contributed by atoms with Gasteiger partial charge in [0.1, 0.15) is 6.61 Å². The number of benzene rings is 1. The molecule has 108 valence electrons. The van der Waals surface area contributed by atoms with Crippen LogP contribution in [-0.2, 0) is 11.4 Å². The van der Waals surface area contributed by atoms with Crippen LogP contribution in [0, 0.1) is 0 Å². The fourth-order valence-electron chi connectivity index (χ4n) is 1.78. The first-order valence-corrected chi connectivity index (χ1v) is 6.24. The van der Waals surface area contributed by atoms with Gasteiger partial charge >= 0.3 is 5.97 Å². The van der Waals surface area contributed by atoms with Crippen LogP contribution in [0.15, 0.2) is 42.6 Å². The Morgan fingerprint density at radius 2 is 2.00 bits per heavy atom. The number of para-hydroxylation sites is 1. The van der Waals surface area contributed by atoms with Gasteiger partial charge in [-0.05, 0) is 18.2 Å². The number of carbonyl (C=O) groups excluding carboxylic acids is 1. The van der Waals surface area contributed by atoms with Crippen molar-refractivity contribution >= 4 is 17.6 Å². The largest absolute Gasteiger partial charge is 0.486 e. The molecule has 0 aliphatic carbocycles. The number of amides is 1. The lowest BCUT2D eigenvalue weighted by Crippen LogP contribution is -2.10. The zero-order valence-corrected chi connectivity index (χ0v) is 11.4. The second-order valence-corrected chi connectivity index (χ2v) is 4.28. The van der Waals surface area contributed by atoms with Crippen molar-refractivity contribution in [1.29, 1.82) is 0 Å². The molecule has 0 radical (unpaired) electrons.